The molecule has 1 aliphatic heterocycles. The molecule has 19 heavy (non-hydrogen) atoms. The maximum Gasteiger partial charge on any atom is 0.243 e. The van der Waals surface area contributed by atoms with Crippen LogP contribution in [0.3, 0.4) is 0 Å². The van der Waals surface area contributed by atoms with E-state index in [0.717, 1.165) is 11.3 Å². The molecule has 1 unspecified atom stereocenters. The fraction of sp³-hybridized carbons (Fsp3) is 0.500. The monoisotopic (exact) mass is 320 g/mol. The molecule has 1 aliphatic rings. The van der Waals surface area contributed by atoms with Gasteiger partial charge in [0.2, 0.25) is 10.0 Å². The summed E-state index contributed by atoms with van der Waals surface area (Å²) in [5.41, 5.74) is 5.59. The van der Waals surface area contributed by atoms with Crippen LogP contribution in [0.4, 0.5) is 0 Å². The van der Waals surface area contributed by atoms with Crippen molar-refractivity contribution in [1.29, 1.82) is 0 Å². The number of nitrogens with two attached hydrogens (primary N) is 1. The van der Waals surface area contributed by atoms with Crippen LogP contribution in [0.2, 0.25) is 5.02 Å². The van der Waals surface area contributed by atoms with Crippen LogP contribution in [0, 0.1) is 5.92 Å². The molecule has 1 atom stereocenters. The summed E-state index contributed by atoms with van der Waals surface area (Å²) in [7, 11) is -3.45. The zero-order valence-electron chi connectivity index (χ0n) is 10.7. The summed E-state index contributed by atoms with van der Waals surface area (Å²) in [6.45, 7) is 1.56. The molecule has 106 valence electrons. The minimum Gasteiger partial charge on any atom is -0.330 e. The van der Waals surface area contributed by atoms with Crippen LogP contribution in [-0.4, -0.2) is 38.6 Å². The van der Waals surface area contributed by atoms with Crippen molar-refractivity contribution < 1.29 is 8.42 Å². The molecule has 1 fully saturated rings. The summed E-state index contributed by atoms with van der Waals surface area (Å²) < 4.78 is 26.4. The van der Waals surface area contributed by atoms with Crippen molar-refractivity contribution in [1.82, 2.24) is 4.31 Å². The first-order chi connectivity index (χ1) is 8.98. The van der Waals surface area contributed by atoms with E-state index in [1.165, 1.54) is 22.1 Å². The topological polar surface area (TPSA) is 63.4 Å². The van der Waals surface area contributed by atoms with E-state index in [2.05, 4.69) is 0 Å². The van der Waals surface area contributed by atoms with Crippen molar-refractivity contribution in [3.63, 3.8) is 0 Å². The first-order valence-corrected chi connectivity index (χ1v) is 9.07. The third kappa shape index (κ3) is 3.08. The lowest BCUT2D eigenvalue weighted by molar-refractivity contribution is 0.459. The zero-order chi connectivity index (χ0) is 14.0. The first-order valence-electron chi connectivity index (χ1n) is 6.02. The highest BCUT2D eigenvalue weighted by Crippen LogP contribution is 2.30. The van der Waals surface area contributed by atoms with Crippen LogP contribution >= 0.6 is 23.4 Å². The van der Waals surface area contributed by atoms with Gasteiger partial charge in [0.05, 0.1) is 9.92 Å². The Bertz CT molecular complexity index is 563. The van der Waals surface area contributed by atoms with E-state index >= 15 is 0 Å². The van der Waals surface area contributed by atoms with Gasteiger partial charge >= 0.3 is 0 Å². The Morgan fingerprint density at radius 2 is 2.26 bits per heavy atom. The number of benzene rings is 1. The highest BCUT2D eigenvalue weighted by Gasteiger charge is 2.32. The van der Waals surface area contributed by atoms with Crippen molar-refractivity contribution >= 4 is 33.4 Å². The minimum atomic E-state index is -3.45. The second-order valence-corrected chi connectivity index (χ2v) is 7.74. The van der Waals surface area contributed by atoms with Gasteiger partial charge in [0.15, 0.2) is 0 Å². The molecule has 1 aromatic rings. The third-order valence-electron chi connectivity index (χ3n) is 3.34. The van der Waals surface area contributed by atoms with Crippen LogP contribution in [-0.2, 0) is 10.0 Å². The molecule has 0 aromatic heterocycles. The van der Waals surface area contributed by atoms with E-state index < -0.39 is 10.0 Å². The average molecular weight is 321 g/mol. The summed E-state index contributed by atoms with van der Waals surface area (Å²) in [6, 6.07) is 4.89. The summed E-state index contributed by atoms with van der Waals surface area (Å²) >= 11 is 7.57. The van der Waals surface area contributed by atoms with Crippen molar-refractivity contribution in [3.05, 3.63) is 23.2 Å². The van der Waals surface area contributed by atoms with E-state index in [1.807, 2.05) is 6.26 Å². The van der Waals surface area contributed by atoms with Crippen molar-refractivity contribution in [2.24, 2.45) is 11.7 Å². The van der Waals surface area contributed by atoms with Crippen molar-refractivity contribution in [2.75, 3.05) is 25.9 Å². The number of thioether (sulfide) groups is 1. The molecule has 4 nitrogen and oxygen atoms in total. The Balaban J connectivity index is 2.27. The van der Waals surface area contributed by atoms with Gasteiger partial charge < -0.3 is 5.73 Å². The van der Waals surface area contributed by atoms with Gasteiger partial charge in [0.25, 0.3) is 0 Å². The van der Waals surface area contributed by atoms with Gasteiger partial charge in [-0.2, -0.15) is 4.31 Å². The lowest BCUT2D eigenvalue weighted by atomic mass is 10.1. The number of sulfonamides is 1. The Kier molecular flexibility index (Phi) is 4.79. The molecular formula is C12H17ClN2O2S2. The van der Waals surface area contributed by atoms with E-state index in [4.69, 9.17) is 17.3 Å². The Labute approximate surface area is 123 Å². The predicted octanol–water partition coefficient (Wildman–Crippen LogP) is 2.03. The Hall–Kier alpha value is -0.270. The molecular weight excluding hydrogens is 304 g/mol. The smallest absolute Gasteiger partial charge is 0.243 e. The maximum absolute atomic E-state index is 12.5. The Morgan fingerprint density at radius 1 is 1.53 bits per heavy atom. The lowest BCUT2D eigenvalue weighted by Gasteiger charge is -2.17. The highest BCUT2D eigenvalue weighted by molar-refractivity contribution is 7.98. The summed E-state index contributed by atoms with van der Waals surface area (Å²) in [4.78, 5) is 1.13. The van der Waals surface area contributed by atoms with Gasteiger partial charge in [-0.25, -0.2) is 8.42 Å². The first kappa shape index (κ1) is 15.1. The number of nitrogens with zero attached hydrogens (tertiary/aromatic N) is 1. The fourth-order valence-corrected chi connectivity index (χ4v) is 4.66. The Morgan fingerprint density at radius 3 is 2.79 bits per heavy atom. The van der Waals surface area contributed by atoms with Gasteiger partial charge in [-0.1, -0.05) is 11.6 Å². The molecule has 0 aliphatic carbocycles. The molecule has 0 bridgehead atoms. The molecule has 2 rings (SSSR count). The highest BCUT2D eigenvalue weighted by atomic mass is 35.5. The van der Waals surface area contributed by atoms with E-state index in [0.29, 0.717) is 24.7 Å². The minimum absolute atomic E-state index is 0.257. The second-order valence-electron chi connectivity index (χ2n) is 4.55. The number of halogens is 1. The zero-order valence-corrected chi connectivity index (χ0v) is 13.1. The molecule has 7 heteroatoms. The number of hydrogen-bond acceptors (Lipinski definition) is 4. The van der Waals surface area contributed by atoms with E-state index in [9.17, 15) is 8.42 Å². The van der Waals surface area contributed by atoms with Gasteiger partial charge in [0.1, 0.15) is 0 Å². The predicted molar refractivity (Wildman–Crippen MR) is 79.2 cm³/mol. The third-order valence-corrected chi connectivity index (χ3v) is 6.42. The van der Waals surface area contributed by atoms with Crippen molar-refractivity contribution in [3.8, 4) is 0 Å². The van der Waals surface area contributed by atoms with Crippen LogP contribution < -0.4 is 5.73 Å². The molecule has 0 amide bonds. The number of rotatable bonds is 4. The largest absolute Gasteiger partial charge is 0.330 e. The van der Waals surface area contributed by atoms with Gasteiger partial charge in [-0.05, 0) is 43.3 Å². The molecule has 0 radical (unpaired) electrons. The van der Waals surface area contributed by atoms with Crippen LogP contribution in [0.1, 0.15) is 6.42 Å². The average Bonchev–Trinajstić information content (AvgIpc) is 2.88. The van der Waals surface area contributed by atoms with Gasteiger partial charge in [0, 0.05) is 18.0 Å². The standard InChI is InChI=1S/C12H17ClN2O2S2/c1-18-12-3-2-10(6-11(12)13)19(16,17)15-5-4-9(7-14)8-15/h2-3,6,9H,4-5,7-8,14H2,1H3. The SMILES string of the molecule is CSc1ccc(S(=O)(=O)N2CCC(CN)C2)cc1Cl. The summed E-state index contributed by atoms with van der Waals surface area (Å²) in [5, 5.41) is 0.475. The summed E-state index contributed by atoms with van der Waals surface area (Å²) in [6.07, 6.45) is 2.73. The van der Waals surface area contributed by atoms with Crippen LogP contribution in [0.15, 0.2) is 28.0 Å². The van der Waals surface area contributed by atoms with E-state index in [1.54, 1.807) is 12.1 Å². The molecule has 2 N–H and O–H groups in total. The van der Waals surface area contributed by atoms with Crippen LogP contribution in [0.5, 0.6) is 0 Å². The van der Waals surface area contributed by atoms with Gasteiger partial charge in [-0.15, -0.1) is 11.8 Å². The number of hydrogen-bond donors (Lipinski definition) is 1. The quantitative estimate of drug-likeness (QED) is 0.862. The molecule has 0 saturated carbocycles. The summed E-state index contributed by atoms with van der Waals surface area (Å²) in [5.74, 6) is 0.260. The van der Waals surface area contributed by atoms with E-state index in [-0.39, 0.29) is 10.8 Å². The maximum atomic E-state index is 12.5. The van der Waals surface area contributed by atoms with Crippen LogP contribution in [0.25, 0.3) is 0 Å². The normalized spacial score (nSPS) is 20.9. The van der Waals surface area contributed by atoms with Gasteiger partial charge in [-0.3, -0.25) is 0 Å². The second kappa shape index (κ2) is 6.01. The fourth-order valence-electron chi connectivity index (χ4n) is 2.16. The molecule has 1 heterocycles. The molecule has 1 aromatic carbocycles. The lowest BCUT2D eigenvalue weighted by Crippen LogP contribution is -2.30. The molecule has 1 saturated heterocycles. The molecule has 0 spiro atoms. The van der Waals surface area contributed by atoms with Crippen molar-refractivity contribution in [2.45, 2.75) is 16.2 Å².